The van der Waals surface area contributed by atoms with Gasteiger partial charge in [-0.05, 0) is 68.0 Å². The number of hydrogen-bond acceptors (Lipinski definition) is 3. The molecule has 1 aromatic heterocycles. The highest BCUT2D eigenvalue weighted by atomic mass is 19.1. The Balaban J connectivity index is 1.38. The molecule has 2 fully saturated rings. The normalized spacial score (nSPS) is 20.2. The van der Waals surface area contributed by atoms with E-state index < -0.39 is 0 Å². The van der Waals surface area contributed by atoms with Crippen LogP contribution in [0.3, 0.4) is 0 Å². The Kier molecular flexibility index (Phi) is 5.00. The van der Waals surface area contributed by atoms with E-state index in [0.717, 1.165) is 32.5 Å². The van der Waals surface area contributed by atoms with Gasteiger partial charge in [0.1, 0.15) is 5.82 Å². The maximum absolute atomic E-state index is 13.2. The molecule has 5 heteroatoms. The molecular formula is C24H29FN4. The third kappa shape index (κ3) is 3.64. The number of nitrogens with zero attached hydrogens (tertiary/aromatic N) is 3. The van der Waals surface area contributed by atoms with Crippen molar-refractivity contribution < 1.29 is 4.39 Å². The van der Waals surface area contributed by atoms with Crippen LogP contribution in [0, 0.1) is 5.82 Å². The van der Waals surface area contributed by atoms with Crippen molar-refractivity contribution in [2.24, 2.45) is 0 Å². The van der Waals surface area contributed by atoms with Crippen LogP contribution in [-0.4, -0.2) is 35.5 Å². The summed E-state index contributed by atoms with van der Waals surface area (Å²) in [5.41, 5.74) is 4.97. The van der Waals surface area contributed by atoms with E-state index in [9.17, 15) is 4.39 Å². The number of piperazine rings is 1. The fourth-order valence-corrected chi connectivity index (χ4v) is 4.66. The molecule has 29 heavy (non-hydrogen) atoms. The number of aryl methyl sites for hydroxylation is 1. The summed E-state index contributed by atoms with van der Waals surface area (Å²) in [6, 6.07) is 14.7. The highest BCUT2D eigenvalue weighted by Gasteiger charge is 2.25. The number of aromatic nitrogens is 2. The van der Waals surface area contributed by atoms with Crippen LogP contribution in [0.15, 0.2) is 42.5 Å². The summed E-state index contributed by atoms with van der Waals surface area (Å²) in [7, 11) is 0. The molecule has 0 radical (unpaired) electrons. The van der Waals surface area contributed by atoms with Crippen molar-refractivity contribution in [3.8, 4) is 0 Å². The van der Waals surface area contributed by atoms with Gasteiger partial charge in [-0.25, -0.2) is 4.39 Å². The number of anilines is 1. The number of rotatable bonds is 5. The SMILES string of the molecule is CCc1nn(C2CCC2)c2cc(N3CCN[C@@H](Cc4ccc(F)cc4)C3)ccc12. The molecule has 4 nitrogen and oxygen atoms in total. The van der Waals surface area contributed by atoms with E-state index in [1.807, 2.05) is 12.1 Å². The van der Waals surface area contributed by atoms with Gasteiger partial charge in [-0.3, -0.25) is 4.68 Å². The van der Waals surface area contributed by atoms with Crippen LogP contribution >= 0.6 is 0 Å². The lowest BCUT2D eigenvalue weighted by molar-refractivity contribution is 0.296. The summed E-state index contributed by atoms with van der Waals surface area (Å²) in [6.45, 7) is 5.12. The molecule has 0 amide bonds. The maximum atomic E-state index is 13.2. The third-order valence-electron chi connectivity index (χ3n) is 6.54. The monoisotopic (exact) mass is 392 g/mol. The topological polar surface area (TPSA) is 33.1 Å². The molecular weight excluding hydrogens is 363 g/mol. The highest BCUT2D eigenvalue weighted by Crippen LogP contribution is 2.36. The van der Waals surface area contributed by atoms with E-state index in [-0.39, 0.29) is 5.82 Å². The molecule has 152 valence electrons. The van der Waals surface area contributed by atoms with Gasteiger partial charge in [0.25, 0.3) is 0 Å². The quantitative estimate of drug-likeness (QED) is 0.695. The van der Waals surface area contributed by atoms with Crippen molar-refractivity contribution in [3.63, 3.8) is 0 Å². The maximum Gasteiger partial charge on any atom is 0.123 e. The molecule has 2 aromatic carbocycles. The largest absolute Gasteiger partial charge is 0.369 e. The van der Waals surface area contributed by atoms with E-state index in [0.29, 0.717) is 12.1 Å². The van der Waals surface area contributed by atoms with Crippen LogP contribution in [-0.2, 0) is 12.8 Å². The zero-order chi connectivity index (χ0) is 19.8. The molecule has 2 heterocycles. The summed E-state index contributed by atoms with van der Waals surface area (Å²) >= 11 is 0. The Morgan fingerprint density at radius 1 is 1.14 bits per heavy atom. The van der Waals surface area contributed by atoms with Gasteiger partial charge in [-0.1, -0.05) is 19.1 Å². The average Bonchev–Trinajstić information content (AvgIpc) is 3.06. The van der Waals surface area contributed by atoms with E-state index in [1.54, 1.807) is 12.1 Å². The predicted molar refractivity (Wildman–Crippen MR) is 116 cm³/mol. The lowest BCUT2D eigenvalue weighted by Gasteiger charge is -2.35. The van der Waals surface area contributed by atoms with Gasteiger partial charge in [0, 0.05) is 36.7 Å². The Morgan fingerprint density at radius 2 is 1.97 bits per heavy atom. The van der Waals surface area contributed by atoms with Crippen molar-refractivity contribution in [1.82, 2.24) is 15.1 Å². The van der Waals surface area contributed by atoms with Crippen molar-refractivity contribution in [1.29, 1.82) is 0 Å². The molecule has 1 saturated carbocycles. The Hall–Kier alpha value is -2.40. The van der Waals surface area contributed by atoms with Crippen LogP contribution in [0.2, 0.25) is 0 Å². The van der Waals surface area contributed by atoms with Gasteiger partial charge in [0.15, 0.2) is 0 Å². The molecule has 3 aromatic rings. The van der Waals surface area contributed by atoms with Crippen LogP contribution in [0.25, 0.3) is 10.9 Å². The Morgan fingerprint density at radius 3 is 2.69 bits per heavy atom. The average molecular weight is 393 g/mol. The fourth-order valence-electron chi connectivity index (χ4n) is 4.66. The standard InChI is InChI=1S/C24H29FN4/c1-2-23-22-11-10-21(15-24(22)29(27-23)20-4-3-5-20)28-13-12-26-19(16-28)14-17-6-8-18(25)9-7-17/h6-11,15,19-20,26H,2-5,12-14,16H2,1H3/t19-/m0/s1. The van der Waals surface area contributed by atoms with Crippen molar-refractivity contribution in [3.05, 3.63) is 59.5 Å². The zero-order valence-corrected chi connectivity index (χ0v) is 17.1. The smallest absolute Gasteiger partial charge is 0.123 e. The lowest BCUT2D eigenvalue weighted by Crippen LogP contribution is -2.51. The zero-order valence-electron chi connectivity index (χ0n) is 17.1. The van der Waals surface area contributed by atoms with Crippen molar-refractivity contribution >= 4 is 16.6 Å². The van der Waals surface area contributed by atoms with Crippen LogP contribution in [0.1, 0.15) is 43.5 Å². The first-order valence-corrected chi connectivity index (χ1v) is 10.9. The summed E-state index contributed by atoms with van der Waals surface area (Å²) in [4.78, 5) is 2.48. The lowest BCUT2D eigenvalue weighted by atomic mass is 9.93. The Labute approximate surface area is 171 Å². The van der Waals surface area contributed by atoms with Gasteiger partial charge in [0.05, 0.1) is 17.3 Å². The molecule has 2 aliphatic rings. The second-order valence-electron chi connectivity index (χ2n) is 8.46. The number of nitrogens with one attached hydrogen (secondary N) is 1. The van der Waals surface area contributed by atoms with Crippen LogP contribution < -0.4 is 10.2 Å². The summed E-state index contributed by atoms with van der Waals surface area (Å²) < 4.78 is 15.5. The number of halogens is 1. The van der Waals surface area contributed by atoms with Gasteiger partial charge in [-0.15, -0.1) is 0 Å². The van der Waals surface area contributed by atoms with Crippen molar-refractivity contribution in [2.75, 3.05) is 24.5 Å². The third-order valence-corrected chi connectivity index (χ3v) is 6.54. The van der Waals surface area contributed by atoms with Gasteiger partial charge >= 0.3 is 0 Å². The summed E-state index contributed by atoms with van der Waals surface area (Å²) in [5.74, 6) is -0.171. The molecule has 1 atom stereocenters. The number of hydrogen-bond donors (Lipinski definition) is 1. The van der Waals surface area contributed by atoms with Gasteiger partial charge in [0.2, 0.25) is 0 Å². The molecule has 1 saturated heterocycles. The molecule has 5 rings (SSSR count). The van der Waals surface area contributed by atoms with Gasteiger partial charge in [-0.2, -0.15) is 5.10 Å². The molecule has 1 aliphatic carbocycles. The second-order valence-corrected chi connectivity index (χ2v) is 8.46. The Bertz CT molecular complexity index is 990. The summed E-state index contributed by atoms with van der Waals surface area (Å²) in [5, 5.41) is 9.88. The number of fused-ring (bicyclic) bond motifs is 1. The molecule has 1 N–H and O–H groups in total. The number of benzene rings is 2. The van der Waals surface area contributed by atoms with E-state index in [4.69, 9.17) is 5.10 Å². The fraction of sp³-hybridized carbons (Fsp3) is 0.458. The van der Waals surface area contributed by atoms with E-state index in [2.05, 4.69) is 40.0 Å². The second kappa shape index (κ2) is 7.79. The minimum Gasteiger partial charge on any atom is -0.369 e. The first-order valence-electron chi connectivity index (χ1n) is 10.9. The van der Waals surface area contributed by atoms with Crippen LogP contribution in [0.4, 0.5) is 10.1 Å². The summed E-state index contributed by atoms with van der Waals surface area (Å²) in [6.07, 6.45) is 5.70. The molecule has 0 unspecified atom stereocenters. The van der Waals surface area contributed by atoms with E-state index in [1.165, 1.54) is 47.1 Å². The first-order chi connectivity index (χ1) is 14.2. The van der Waals surface area contributed by atoms with Gasteiger partial charge < -0.3 is 10.2 Å². The highest BCUT2D eigenvalue weighted by molar-refractivity contribution is 5.85. The molecule has 1 aliphatic heterocycles. The predicted octanol–water partition coefficient (Wildman–Crippen LogP) is 4.48. The molecule has 0 spiro atoms. The first kappa shape index (κ1) is 18.6. The van der Waals surface area contributed by atoms with Crippen LogP contribution in [0.5, 0.6) is 0 Å². The minimum atomic E-state index is -0.171. The van der Waals surface area contributed by atoms with Crippen molar-refractivity contribution in [2.45, 2.75) is 51.1 Å². The van der Waals surface area contributed by atoms with E-state index >= 15 is 0 Å². The minimum absolute atomic E-state index is 0.171. The molecule has 0 bridgehead atoms.